The van der Waals surface area contributed by atoms with E-state index in [2.05, 4.69) is 76.7 Å². The fourth-order valence-electron chi connectivity index (χ4n) is 10.7. The van der Waals surface area contributed by atoms with Crippen LogP contribution in [0.2, 0.25) is 0 Å². The summed E-state index contributed by atoms with van der Waals surface area (Å²) in [4.78, 5) is 26.4. The number of hydrogen-bond acceptors (Lipinski definition) is 4. The van der Waals surface area contributed by atoms with E-state index in [0.717, 1.165) is 45.8 Å². The van der Waals surface area contributed by atoms with Crippen molar-refractivity contribution < 1.29 is 62.0 Å². The van der Waals surface area contributed by atoms with Crippen LogP contribution in [0.1, 0.15) is 72.6 Å². The summed E-state index contributed by atoms with van der Waals surface area (Å²) < 4.78 is 14.7. The molecule has 0 aliphatic carbocycles. The SMILES string of the molecule is C[N+]1(C)[C@@H]2CC[C@@H]1C(c1ccc(-c3ccc(C4[C@@H](OC(=O)Cc5ccccc5)C[C@H]5CC[C@@H]4[N+]5(C)C)cc3)cc1)[C@H](OC(=O)Cc1ccccc1)C2.[Br-].[Br-]. The Morgan fingerprint density at radius 1 is 0.519 bits per heavy atom. The van der Waals surface area contributed by atoms with Gasteiger partial charge < -0.3 is 52.4 Å². The van der Waals surface area contributed by atoms with Gasteiger partial charge in [0.15, 0.2) is 0 Å². The van der Waals surface area contributed by atoms with Crippen LogP contribution in [-0.2, 0) is 31.9 Å². The van der Waals surface area contributed by atoms with Crippen LogP contribution in [0.15, 0.2) is 109 Å². The first kappa shape index (κ1) is 40.4. The van der Waals surface area contributed by atoms with Gasteiger partial charge in [-0.1, -0.05) is 109 Å². The largest absolute Gasteiger partial charge is 1.00 e. The number of piperidine rings is 2. The maximum Gasteiger partial charge on any atom is 0.310 e. The highest BCUT2D eigenvalue weighted by Gasteiger charge is 2.57. The maximum atomic E-state index is 13.2. The van der Waals surface area contributed by atoms with E-state index in [0.29, 0.717) is 37.0 Å². The summed E-state index contributed by atoms with van der Waals surface area (Å²) in [5.74, 6) is 0.0564. The van der Waals surface area contributed by atoms with E-state index >= 15 is 0 Å². The van der Waals surface area contributed by atoms with Gasteiger partial charge in [0.05, 0.1) is 77.0 Å². The molecule has 286 valence electrons. The third kappa shape index (κ3) is 7.86. The summed E-state index contributed by atoms with van der Waals surface area (Å²) in [6.45, 7) is 0. The highest BCUT2D eigenvalue weighted by molar-refractivity contribution is 5.73. The molecule has 0 N–H and O–H groups in total. The van der Waals surface area contributed by atoms with E-state index in [1.54, 1.807) is 0 Å². The van der Waals surface area contributed by atoms with Crippen LogP contribution in [0.3, 0.4) is 0 Å². The highest BCUT2D eigenvalue weighted by atomic mass is 79.9. The third-order valence-corrected chi connectivity index (χ3v) is 13.7. The molecule has 0 radical (unpaired) electrons. The Hall–Kier alpha value is -3.30. The van der Waals surface area contributed by atoms with E-state index in [4.69, 9.17) is 9.47 Å². The zero-order valence-electron chi connectivity index (χ0n) is 32.0. The van der Waals surface area contributed by atoms with E-state index in [9.17, 15) is 9.59 Å². The fourth-order valence-corrected chi connectivity index (χ4v) is 10.7. The predicted octanol–water partition coefficient (Wildman–Crippen LogP) is 1.86. The lowest BCUT2D eigenvalue weighted by molar-refractivity contribution is -0.933. The van der Waals surface area contributed by atoms with Crippen LogP contribution in [-0.4, -0.2) is 85.5 Å². The van der Waals surface area contributed by atoms with Crippen LogP contribution in [0.5, 0.6) is 0 Å². The van der Waals surface area contributed by atoms with Gasteiger partial charge in [0, 0.05) is 38.5 Å². The number of likely N-dealkylation sites (N-methyl/N-ethyl adjacent to an activating group) is 2. The zero-order chi connectivity index (χ0) is 36.0. The van der Waals surface area contributed by atoms with Crippen molar-refractivity contribution in [3.63, 3.8) is 0 Å². The summed E-state index contributed by atoms with van der Waals surface area (Å²) in [5.41, 5.74) is 6.85. The lowest BCUT2D eigenvalue weighted by Gasteiger charge is -2.48. The van der Waals surface area contributed by atoms with Gasteiger partial charge in [0.25, 0.3) is 0 Å². The lowest BCUT2D eigenvalue weighted by Crippen LogP contribution is -3.00. The zero-order valence-corrected chi connectivity index (χ0v) is 35.1. The molecule has 0 spiro atoms. The number of quaternary nitrogens is 2. The van der Waals surface area contributed by atoms with Gasteiger partial charge in [-0.3, -0.25) is 9.59 Å². The molecule has 4 saturated heterocycles. The van der Waals surface area contributed by atoms with E-state index in [1.807, 2.05) is 60.7 Å². The first-order chi connectivity index (χ1) is 25.1. The van der Waals surface area contributed by atoms with Gasteiger partial charge >= 0.3 is 11.9 Å². The minimum Gasteiger partial charge on any atom is -1.00 e. The normalized spacial score (nSPS) is 28.6. The number of ether oxygens (including phenoxy) is 2. The van der Waals surface area contributed by atoms with Crippen LogP contribution < -0.4 is 34.0 Å². The first-order valence-electron chi connectivity index (χ1n) is 19.4. The van der Waals surface area contributed by atoms with Gasteiger partial charge in [-0.05, 0) is 33.4 Å². The molecule has 0 aromatic heterocycles. The molecule has 4 fully saturated rings. The third-order valence-electron chi connectivity index (χ3n) is 13.7. The van der Waals surface area contributed by atoms with Crippen molar-refractivity contribution in [3.05, 3.63) is 131 Å². The van der Waals surface area contributed by atoms with Crippen molar-refractivity contribution >= 4 is 11.9 Å². The van der Waals surface area contributed by atoms with Crippen LogP contribution in [0.4, 0.5) is 0 Å². The lowest BCUT2D eigenvalue weighted by atomic mass is 9.79. The molecule has 0 saturated carbocycles. The predicted molar refractivity (Wildman–Crippen MR) is 204 cm³/mol. The molecule has 2 unspecified atom stereocenters. The molecule has 4 aliphatic heterocycles. The van der Waals surface area contributed by atoms with Crippen molar-refractivity contribution in [3.8, 4) is 11.1 Å². The monoisotopic (exact) mass is 856 g/mol. The number of halogens is 2. The van der Waals surface area contributed by atoms with E-state index < -0.39 is 0 Å². The second kappa shape index (κ2) is 16.4. The van der Waals surface area contributed by atoms with Gasteiger partial charge in [-0.2, -0.15) is 0 Å². The molecular weight excluding hydrogens is 804 g/mol. The number of benzene rings is 4. The minimum atomic E-state index is -0.133. The Labute approximate surface area is 342 Å². The molecule has 8 rings (SSSR count). The van der Waals surface area contributed by atoms with Crippen molar-refractivity contribution in [2.45, 2.75) is 99.6 Å². The van der Waals surface area contributed by atoms with E-state index in [1.165, 1.54) is 35.1 Å². The maximum absolute atomic E-state index is 13.2. The Kier molecular flexibility index (Phi) is 12.3. The smallest absolute Gasteiger partial charge is 0.310 e. The Morgan fingerprint density at radius 2 is 0.870 bits per heavy atom. The topological polar surface area (TPSA) is 52.6 Å². The Bertz CT molecular complexity index is 1740. The second-order valence-corrected chi connectivity index (χ2v) is 17.0. The molecule has 4 bridgehead atoms. The molecule has 4 heterocycles. The van der Waals surface area contributed by atoms with Gasteiger partial charge in [-0.25, -0.2) is 0 Å². The number of carbonyl (C=O) groups is 2. The summed E-state index contributed by atoms with van der Waals surface area (Å²) in [6.07, 6.45) is 6.84. The summed E-state index contributed by atoms with van der Waals surface area (Å²) in [6, 6.07) is 39.7. The van der Waals surface area contributed by atoms with Gasteiger partial charge in [0.2, 0.25) is 0 Å². The van der Waals surface area contributed by atoms with E-state index in [-0.39, 0.29) is 69.9 Å². The minimum absolute atomic E-state index is 0. The molecular formula is C46H54Br2N2O4. The molecule has 0 amide bonds. The standard InChI is InChI=1S/C46H54N2O4.2BrH/c1-47(2)37-23-25-39(47)45(41(29-37)51-43(49)27-31-11-7-5-8-12-31)35-19-15-33(16-20-35)34-17-21-36(22-18-34)46-40-26-24-38(48(40,3)4)30-42(46)52-44(50)28-32-13-9-6-10-14-32;;/h5-22,37-42,45-46H,23-30H2,1-4H3;2*1H/q+2;;/p-2/t37-,38-,39-,40+,41-,42+,45?,46?;;/m1../s1. The fraction of sp³-hybridized carbons (Fsp3) is 0.435. The number of hydrogen-bond donors (Lipinski definition) is 0. The molecule has 8 heteroatoms. The summed E-state index contributed by atoms with van der Waals surface area (Å²) >= 11 is 0. The number of rotatable bonds is 9. The number of fused-ring (bicyclic) bond motifs is 4. The molecule has 6 nitrogen and oxygen atoms in total. The number of nitrogens with zero attached hydrogens (tertiary/aromatic N) is 2. The van der Waals surface area contributed by atoms with Crippen LogP contribution >= 0.6 is 0 Å². The van der Waals surface area contributed by atoms with Gasteiger partial charge in [-0.15, -0.1) is 0 Å². The van der Waals surface area contributed by atoms with Crippen molar-refractivity contribution in [1.82, 2.24) is 0 Å². The van der Waals surface area contributed by atoms with Crippen LogP contribution in [0.25, 0.3) is 11.1 Å². The second-order valence-electron chi connectivity index (χ2n) is 17.0. The van der Waals surface area contributed by atoms with Crippen molar-refractivity contribution in [2.75, 3.05) is 28.2 Å². The quantitative estimate of drug-likeness (QED) is 0.191. The molecule has 54 heavy (non-hydrogen) atoms. The molecule has 8 atom stereocenters. The van der Waals surface area contributed by atoms with Crippen molar-refractivity contribution in [1.29, 1.82) is 0 Å². The Balaban J connectivity index is 0.00000249. The highest BCUT2D eigenvalue weighted by Crippen LogP contribution is 2.50. The average molecular weight is 859 g/mol. The summed E-state index contributed by atoms with van der Waals surface area (Å²) in [7, 11) is 9.44. The van der Waals surface area contributed by atoms with Crippen molar-refractivity contribution in [2.24, 2.45) is 0 Å². The number of esters is 2. The Morgan fingerprint density at radius 3 is 1.22 bits per heavy atom. The molecule has 4 aromatic carbocycles. The molecule has 4 aromatic rings. The average Bonchev–Trinajstić information content (AvgIpc) is 3.38. The summed E-state index contributed by atoms with van der Waals surface area (Å²) in [5, 5.41) is 0. The number of carbonyl (C=O) groups excluding carboxylic acids is 2. The molecule has 4 aliphatic rings. The van der Waals surface area contributed by atoms with Gasteiger partial charge in [0.1, 0.15) is 12.2 Å². The van der Waals surface area contributed by atoms with Crippen LogP contribution in [0, 0.1) is 0 Å². The first-order valence-corrected chi connectivity index (χ1v) is 19.4.